The molecule has 1 aromatic rings. The lowest BCUT2D eigenvalue weighted by molar-refractivity contribution is 1.05. The maximum absolute atomic E-state index is 4.48. The van der Waals surface area contributed by atoms with Crippen LogP contribution >= 0.6 is 11.8 Å². The molecule has 1 aromatic heterocycles. The molecule has 0 aromatic carbocycles. The van der Waals surface area contributed by atoms with E-state index in [-0.39, 0.29) is 0 Å². The second kappa shape index (κ2) is 2.98. The number of hydrogen-bond acceptors (Lipinski definition) is 3. The number of nitrogens with zero attached hydrogens (tertiary/aromatic N) is 1. The molecule has 0 fully saturated rings. The van der Waals surface area contributed by atoms with Gasteiger partial charge >= 0.3 is 0 Å². The number of anilines is 1. The number of rotatable bonds is 0. The van der Waals surface area contributed by atoms with Crippen molar-refractivity contribution in [3.05, 3.63) is 17.3 Å². The Bertz CT molecular complexity index is 279. The fraction of sp³-hybridized carbons (Fsp3) is 0.444. The van der Waals surface area contributed by atoms with Gasteiger partial charge in [-0.25, -0.2) is 4.98 Å². The first-order valence-electron chi connectivity index (χ1n) is 4.12. The van der Waals surface area contributed by atoms with E-state index in [4.69, 9.17) is 0 Å². The summed E-state index contributed by atoms with van der Waals surface area (Å²) in [5, 5.41) is 3.30. The number of hydrogen-bond donors (Lipinski definition) is 1. The molecule has 0 amide bonds. The molecule has 0 radical (unpaired) electrons. The number of thioether (sulfide) groups is 1. The molecule has 1 aliphatic heterocycles. The van der Waals surface area contributed by atoms with Crippen molar-refractivity contribution in [2.24, 2.45) is 0 Å². The van der Waals surface area contributed by atoms with Gasteiger partial charge in [-0.05, 0) is 25.5 Å². The van der Waals surface area contributed by atoms with E-state index in [9.17, 15) is 0 Å². The summed E-state index contributed by atoms with van der Waals surface area (Å²) in [7, 11) is 0. The zero-order valence-electron chi connectivity index (χ0n) is 7.35. The van der Waals surface area contributed by atoms with Crippen molar-refractivity contribution in [1.29, 1.82) is 0 Å². The molecule has 0 saturated heterocycles. The third-order valence-corrected chi connectivity index (χ3v) is 3.11. The van der Waals surface area contributed by atoms with Crippen LogP contribution in [0.15, 0.2) is 11.0 Å². The summed E-state index contributed by atoms with van der Waals surface area (Å²) in [5.74, 6) is 2.21. The van der Waals surface area contributed by atoms with Crippen molar-refractivity contribution in [2.75, 3.05) is 17.6 Å². The third-order valence-electron chi connectivity index (χ3n) is 2.08. The quantitative estimate of drug-likeness (QED) is 0.662. The van der Waals surface area contributed by atoms with E-state index in [0.717, 1.165) is 23.8 Å². The van der Waals surface area contributed by atoms with Crippen LogP contribution in [-0.2, 0) is 0 Å². The maximum atomic E-state index is 4.48. The van der Waals surface area contributed by atoms with Gasteiger partial charge in [0, 0.05) is 18.0 Å². The van der Waals surface area contributed by atoms with Gasteiger partial charge in [0.15, 0.2) is 0 Å². The number of nitrogens with one attached hydrogen (secondary N) is 1. The predicted molar refractivity (Wildman–Crippen MR) is 52.9 cm³/mol. The lowest BCUT2D eigenvalue weighted by Crippen LogP contribution is -2.12. The summed E-state index contributed by atoms with van der Waals surface area (Å²) < 4.78 is 0. The summed E-state index contributed by atoms with van der Waals surface area (Å²) in [6.45, 7) is 5.20. The summed E-state index contributed by atoms with van der Waals surface area (Å²) in [5.41, 5.74) is 2.41. The Kier molecular flexibility index (Phi) is 1.97. The van der Waals surface area contributed by atoms with E-state index in [1.807, 2.05) is 11.8 Å². The molecule has 1 aliphatic rings. The Morgan fingerprint density at radius 1 is 1.50 bits per heavy atom. The molecule has 0 saturated carbocycles. The van der Waals surface area contributed by atoms with E-state index < -0.39 is 0 Å². The van der Waals surface area contributed by atoms with Gasteiger partial charge in [-0.1, -0.05) is 0 Å². The van der Waals surface area contributed by atoms with Gasteiger partial charge in [-0.3, -0.25) is 0 Å². The monoisotopic (exact) mass is 180 g/mol. The fourth-order valence-corrected chi connectivity index (χ4v) is 2.19. The predicted octanol–water partition coefficient (Wildman–Crippen LogP) is 2.22. The molecule has 64 valence electrons. The highest BCUT2D eigenvalue weighted by atomic mass is 32.2. The van der Waals surface area contributed by atoms with Crippen LogP contribution in [-0.4, -0.2) is 17.3 Å². The number of aromatic nitrogens is 1. The average molecular weight is 180 g/mol. The molecule has 3 heteroatoms. The molecule has 0 bridgehead atoms. The van der Waals surface area contributed by atoms with Crippen LogP contribution in [0.1, 0.15) is 11.3 Å². The Morgan fingerprint density at radius 3 is 3.17 bits per heavy atom. The summed E-state index contributed by atoms with van der Waals surface area (Å²) >= 11 is 1.89. The van der Waals surface area contributed by atoms with Gasteiger partial charge < -0.3 is 5.32 Å². The lowest BCUT2D eigenvalue weighted by atomic mass is 10.2. The lowest BCUT2D eigenvalue weighted by Gasteiger charge is -2.17. The fourth-order valence-electron chi connectivity index (χ4n) is 1.25. The van der Waals surface area contributed by atoms with Crippen molar-refractivity contribution in [2.45, 2.75) is 18.7 Å². The van der Waals surface area contributed by atoms with Gasteiger partial charge in [0.1, 0.15) is 5.82 Å². The Morgan fingerprint density at radius 2 is 2.33 bits per heavy atom. The number of aryl methyl sites for hydroxylation is 2. The van der Waals surface area contributed by atoms with Crippen LogP contribution in [0, 0.1) is 13.8 Å². The van der Waals surface area contributed by atoms with E-state index in [2.05, 4.69) is 30.2 Å². The van der Waals surface area contributed by atoms with Gasteiger partial charge in [0.05, 0.1) is 4.90 Å². The first kappa shape index (κ1) is 7.92. The SMILES string of the molecule is Cc1cc2c(nc1C)NCCS2. The van der Waals surface area contributed by atoms with E-state index in [1.165, 1.54) is 10.5 Å². The number of pyridine rings is 1. The molecule has 0 atom stereocenters. The van der Waals surface area contributed by atoms with Crippen molar-refractivity contribution >= 4 is 17.6 Å². The largest absolute Gasteiger partial charge is 0.368 e. The Balaban J connectivity index is 2.49. The first-order valence-corrected chi connectivity index (χ1v) is 5.11. The zero-order chi connectivity index (χ0) is 8.55. The topological polar surface area (TPSA) is 24.9 Å². The highest BCUT2D eigenvalue weighted by Gasteiger charge is 2.11. The molecule has 2 heterocycles. The number of fused-ring (bicyclic) bond motifs is 1. The molecule has 2 rings (SSSR count). The van der Waals surface area contributed by atoms with Gasteiger partial charge in [0.2, 0.25) is 0 Å². The Hall–Kier alpha value is -0.700. The highest BCUT2D eigenvalue weighted by molar-refractivity contribution is 7.99. The average Bonchev–Trinajstić information content (AvgIpc) is 2.07. The van der Waals surface area contributed by atoms with E-state index in [1.54, 1.807) is 0 Å². The van der Waals surface area contributed by atoms with Gasteiger partial charge in [0.25, 0.3) is 0 Å². The standard InChI is InChI=1S/C9H12N2S/c1-6-5-8-9(11-7(6)2)10-3-4-12-8/h5H,3-4H2,1-2H3,(H,10,11). The highest BCUT2D eigenvalue weighted by Crippen LogP contribution is 2.30. The van der Waals surface area contributed by atoms with Crippen LogP contribution in [0.4, 0.5) is 5.82 Å². The second-order valence-electron chi connectivity index (χ2n) is 3.01. The van der Waals surface area contributed by atoms with Crippen LogP contribution in [0.5, 0.6) is 0 Å². The minimum absolute atomic E-state index is 1.03. The molecule has 12 heavy (non-hydrogen) atoms. The minimum Gasteiger partial charge on any atom is -0.368 e. The van der Waals surface area contributed by atoms with Crippen molar-refractivity contribution in [1.82, 2.24) is 4.98 Å². The molecule has 1 N–H and O–H groups in total. The summed E-state index contributed by atoms with van der Waals surface area (Å²) in [6, 6.07) is 2.22. The zero-order valence-corrected chi connectivity index (χ0v) is 8.16. The summed E-state index contributed by atoms with van der Waals surface area (Å²) in [6.07, 6.45) is 0. The molecular weight excluding hydrogens is 168 g/mol. The molecular formula is C9H12N2S. The second-order valence-corrected chi connectivity index (χ2v) is 4.15. The minimum atomic E-state index is 1.03. The Labute approximate surface area is 76.8 Å². The first-order chi connectivity index (χ1) is 5.77. The van der Waals surface area contributed by atoms with E-state index >= 15 is 0 Å². The molecule has 0 unspecified atom stereocenters. The smallest absolute Gasteiger partial charge is 0.140 e. The third kappa shape index (κ3) is 1.29. The van der Waals surface area contributed by atoms with Gasteiger partial charge in [-0.15, -0.1) is 11.8 Å². The maximum Gasteiger partial charge on any atom is 0.140 e. The van der Waals surface area contributed by atoms with Crippen LogP contribution in [0.2, 0.25) is 0 Å². The van der Waals surface area contributed by atoms with Crippen molar-refractivity contribution < 1.29 is 0 Å². The molecule has 0 spiro atoms. The summed E-state index contributed by atoms with van der Waals surface area (Å²) in [4.78, 5) is 5.78. The molecule has 2 nitrogen and oxygen atoms in total. The normalized spacial score (nSPS) is 15.2. The van der Waals surface area contributed by atoms with Crippen LogP contribution in [0.25, 0.3) is 0 Å². The van der Waals surface area contributed by atoms with Crippen LogP contribution < -0.4 is 5.32 Å². The van der Waals surface area contributed by atoms with Gasteiger partial charge in [-0.2, -0.15) is 0 Å². The van der Waals surface area contributed by atoms with Crippen LogP contribution in [0.3, 0.4) is 0 Å². The van der Waals surface area contributed by atoms with Crippen molar-refractivity contribution in [3.8, 4) is 0 Å². The van der Waals surface area contributed by atoms with E-state index in [0.29, 0.717) is 0 Å². The van der Waals surface area contributed by atoms with Crippen molar-refractivity contribution in [3.63, 3.8) is 0 Å². The molecule has 0 aliphatic carbocycles.